The number of rotatable bonds is 3. The molecular weight excluding hydrogens is 208 g/mol. The van der Waals surface area contributed by atoms with Crippen molar-refractivity contribution in [1.29, 1.82) is 0 Å². The molecule has 0 bridgehead atoms. The molecule has 16 heavy (non-hydrogen) atoms. The summed E-state index contributed by atoms with van der Waals surface area (Å²) < 4.78 is 16.3. The predicted molar refractivity (Wildman–Crippen MR) is 59.9 cm³/mol. The normalized spacial score (nSPS) is 23.1. The van der Waals surface area contributed by atoms with Crippen LogP contribution in [0.25, 0.3) is 0 Å². The molecule has 1 heterocycles. The second-order valence-electron chi connectivity index (χ2n) is 5.55. The summed E-state index contributed by atoms with van der Waals surface area (Å²) in [5.74, 6) is -0.793. The Morgan fingerprint density at radius 3 is 2.19 bits per heavy atom. The summed E-state index contributed by atoms with van der Waals surface area (Å²) >= 11 is 0. The molecule has 0 aromatic rings. The van der Waals surface area contributed by atoms with Crippen LogP contribution in [0.5, 0.6) is 0 Å². The minimum atomic E-state index is -0.526. The van der Waals surface area contributed by atoms with Gasteiger partial charge in [-0.3, -0.25) is 4.79 Å². The van der Waals surface area contributed by atoms with Gasteiger partial charge >= 0.3 is 5.97 Å². The summed E-state index contributed by atoms with van der Waals surface area (Å²) in [5, 5.41) is 0. The molecule has 1 fully saturated rings. The highest BCUT2D eigenvalue weighted by Gasteiger charge is 2.37. The molecule has 0 aromatic carbocycles. The van der Waals surface area contributed by atoms with E-state index in [0.717, 1.165) is 0 Å². The topological polar surface area (TPSA) is 44.8 Å². The van der Waals surface area contributed by atoms with E-state index >= 15 is 0 Å². The zero-order chi connectivity index (χ0) is 12.4. The summed E-state index contributed by atoms with van der Waals surface area (Å²) in [6, 6.07) is 0. The van der Waals surface area contributed by atoms with E-state index in [1.54, 1.807) is 0 Å². The van der Waals surface area contributed by atoms with E-state index in [0.29, 0.717) is 19.8 Å². The Hall–Kier alpha value is -0.610. The molecule has 1 rings (SSSR count). The Labute approximate surface area is 97.2 Å². The minimum Gasteiger partial charge on any atom is -0.465 e. The predicted octanol–water partition coefficient (Wildman–Crippen LogP) is 1.97. The molecule has 1 saturated heterocycles. The fourth-order valence-corrected chi connectivity index (χ4v) is 1.27. The average molecular weight is 230 g/mol. The van der Waals surface area contributed by atoms with E-state index in [-0.39, 0.29) is 17.3 Å². The fraction of sp³-hybridized carbons (Fsp3) is 0.917. The largest absolute Gasteiger partial charge is 0.465 e. The number of hydrogen-bond donors (Lipinski definition) is 0. The van der Waals surface area contributed by atoms with Crippen LogP contribution in [-0.4, -0.2) is 31.6 Å². The first-order valence-corrected chi connectivity index (χ1v) is 5.69. The Morgan fingerprint density at radius 1 is 1.25 bits per heavy atom. The molecule has 0 N–H and O–H groups in total. The lowest BCUT2D eigenvalue weighted by molar-refractivity contribution is -0.287. The molecule has 0 spiro atoms. The maximum Gasteiger partial charge on any atom is 0.308 e. The monoisotopic (exact) mass is 230 g/mol. The van der Waals surface area contributed by atoms with Gasteiger partial charge in [-0.2, -0.15) is 0 Å². The molecule has 0 saturated carbocycles. The molecular formula is C12H22O4. The lowest BCUT2D eigenvalue weighted by Gasteiger charge is -2.40. The zero-order valence-electron chi connectivity index (χ0n) is 10.8. The molecule has 4 heteroatoms. The van der Waals surface area contributed by atoms with Crippen molar-refractivity contribution in [2.45, 2.75) is 40.4 Å². The van der Waals surface area contributed by atoms with Gasteiger partial charge in [0.2, 0.25) is 0 Å². The molecule has 0 amide bonds. The molecule has 4 nitrogen and oxygen atoms in total. The van der Waals surface area contributed by atoms with E-state index in [1.165, 1.54) is 0 Å². The van der Waals surface area contributed by atoms with Crippen LogP contribution in [0.1, 0.15) is 34.6 Å². The van der Waals surface area contributed by atoms with Crippen LogP contribution in [0.2, 0.25) is 0 Å². The van der Waals surface area contributed by atoms with Gasteiger partial charge < -0.3 is 14.2 Å². The molecule has 94 valence electrons. The summed E-state index contributed by atoms with van der Waals surface area (Å²) in [5.41, 5.74) is -0.236. The Morgan fingerprint density at radius 2 is 1.75 bits per heavy atom. The van der Waals surface area contributed by atoms with Crippen molar-refractivity contribution in [2.75, 3.05) is 19.8 Å². The maximum absolute atomic E-state index is 11.4. The summed E-state index contributed by atoms with van der Waals surface area (Å²) in [7, 11) is 0. The minimum absolute atomic E-state index is 0.0922. The van der Waals surface area contributed by atoms with Gasteiger partial charge in [0.05, 0.1) is 19.1 Å². The highest BCUT2D eigenvalue weighted by atomic mass is 16.7. The molecule has 1 aliphatic heterocycles. The van der Waals surface area contributed by atoms with Crippen molar-refractivity contribution in [1.82, 2.24) is 0 Å². The fourth-order valence-electron chi connectivity index (χ4n) is 1.27. The number of carbonyl (C=O) groups excluding carboxylic acids is 1. The quantitative estimate of drug-likeness (QED) is 0.695. The van der Waals surface area contributed by atoms with Crippen molar-refractivity contribution >= 4 is 5.97 Å². The zero-order valence-corrected chi connectivity index (χ0v) is 10.8. The summed E-state index contributed by atoms with van der Waals surface area (Å²) in [6.45, 7) is 10.8. The Kier molecular flexibility index (Phi) is 3.97. The van der Waals surface area contributed by atoms with Crippen molar-refractivity contribution in [2.24, 2.45) is 11.3 Å². The first-order valence-electron chi connectivity index (χ1n) is 5.69. The highest BCUT2D eigenvalue weighted by molar-refractivity contribution is 5.71. The standard InChI is InChI=1S/C12H22O4/c1-9(2)10(13)14-6-12(5)7-15-11(3,4)16-8-12/h9H,6-8H2,1-5H3. The van der Waals surface area contributed by atoms with Gasteiger partial charge in [0.1, 0.15) is 6.61 Å². The van der Waals surface area contributed by atoms with Crippen molar-refractivity contribution < 1.29 is 19.0 Å². The van der Waals surface area contributed by atoms with Crippen LogP contribution in [0, 0.1) is 11.3 Å². The first-order chi connectivity index (χ1) is 7.24. The van der Waals surface area contributed by atoms with E-state index in [9.17, 15) is 4.79 Å². The Balaban J connectivity index is 2.40. The number of hydrogen-bond acceptors (Lipinski definition) is 4. The van der Waals surface area contributed by atoms with E-state index in [2.05, 4.69) is 0 Å². The van der Waals surface area contributed by atoms with Gasteiger partial charge in [0, 0.05) is 5.41 Å². The number of esters is 1. The lowest BCUT2D eigenvalue weighted by atomic mass is 9.93. The van der Waals surface area contributed by atoms with Crippen molar-refractivity contribution in [3.63, 3.8) is 0 Å². The highest BCUT2D eigenvalue weighted by Crippen LogP contribution is 2.29. The van der Waals surface area contributed by atoms with E-state index in [1.807, 2.05) is 34.6 Å². The van der Waals surface area contributed by atoms with Gasteiger partial charge in [0.15, 0.2) is 5.79 Å². The summed E-state index contributed by atoms with van der Waals surface area (Å²) in [6.07, 6.45) is 0. The summed E-state index contributed by atoms with van der Waals surface area (Å²) in [4.78, 5) is 11.4. The smallest absolute Gasteiger partial charge is 0.308 e. The second-order valence-corrected chi connectivity index (χ2v) is 5.55. The number of ether oxygens (including phenoxy) is 3. The molecule has 0 radical (unpaired) electrons. The van der Waals surface area contributed by atoms with Crippen LogP contribution in [0.4, 0.5) is 0 Å². The SMILES string of the molecule is CC(C)C(=O)OCC1(C)COC(C)(C)OC1. The van der Waals surface area contributed by atoms with Crippen LogP contribution >= 0.6 is 0 Å². The van der Waals surface area contributed by atoms with Crippen molar-refractivity contribution in [3.8, 4) is 0 Å². The van der Waals surface area contributed by atoms with Gasteiger partial charge in [-0.25, -0.2) is 0 Å². The third-order valence-corrected chi connectivity index (χ3v) is 2.57. The number of carbonyl (C=O) groups is 1. The second kappa shape index (κ2) is 4.72. The van der Waals surface area contributed by atoms with Gasteiger partial charge in [-0.1, -0.05) is 20.8 Å². The van der Waals surface area contributed by atoms with E-state index < -0.39 is 5.79 Å². The molecule has 1 aliphatic rings. The van der Waals surface area contributed by atoms with Gasteiger partial charge in [-0.05, 0) is 13.8 Å². The van der Waals surface area contributed by atoms with Crippen LogP contribution in [-0.2, 0) is 19.0 Å². The molecule has 0 atom stereocenters. The van der Waals surface area contributed by atoms with E-state index in [4.69, 9.17) is 14.2 Å². The van der Waals surface area contributed by atoms with Crippen LogP contribution < -0.4 is 0 Å². The molecule has 0 unspecified atom stereocenters. The maximum atomic E-state index is 11.4. The van der Waals surface area contributed by atoms with Crippen LogP contribution in [0.3, 0.4) is 0 Å². The van der Waals surface area contributed by atoms with Crippen LogP contribution in [0.15, 0.2) is 0 Å². The van der Waals surface area contributed by atoms with Gasteiger partial charge in [-0.15, -0.1) is 0 Å². The lowest BCUT2D eigenvalue weighted by Crippen LogP contribution is -2.47. The molecule has 0 aliphatic carbocycles. The third kappa shape index (κ3) is 3.76. The van der Waals surface area contributed by atoms with Crippen molar-refractivity contribution in [3.05, 3.63) is 0 Å². The molecule has 0 aromatic heterocycles. The van der Waals surface area contributed by atoms with Gasteiger partial charge in [0.25, 0.3) is 0 Å². The Bertz CT molecular complexity index is 248. The average Bonchev–Trinajstić information content (AvgIpc) is 2.20. The first kappa shape index (κ1) is 13.5. The third-order valence-electron chi connectivity index (χ3n) is 2.57.